The molecule has 38 heavy (non-hydrogen) atoms. The molecule has 1 aliphatic heterocycles. The predicted octanol–water partition coefficient (Wildman–Crippen LogP) is 0.491. The van der Waals surface area contributed by atoms with E-state index in [0.29, 0.717) is 0 Å². The highest BCUT2D eigenvalue weighted by atomic mass is 19.4. The van der Waals surface area contributed by atoms with Crippen molar-refractivity contribution in [1.82, 2.24) is 14.5 Å². The van der Waals surface area contributed by atoms with Gasteiger partial charge in [0.2, 0.25) is 0 Å². The number of aliphatic hydroxyl groups excluding tert-OH is 2. The number of aromatic nitrogens is 2. The average Bonchev–Trinajstić information content (AvgIpc) is 3.24. The third kappa shape index (κ3) is 6.62. The smallest absolute Gasteiger partial charge is 0.394 e. The van der Waals surface area contributed by atoms with Gasteiger partial charge in [0.25, 0.3) is 11.5 Å². The molecule has 3 N–H and O–H groups in total. The maximum atomic E-state index is 13.4. The third-order valence-corrected chi connectivity index (χ3v) is 6.10. The summed E-state index contributed by atoms with van der Waals surface area (Å²) in [7, 11) is 2.95. The second-order valence-electron chi connectivity index (χ2n) is 9.07. The molecule has 11 nitrogen and oxygen atoms in total. The largest absolute Gasteiger partial charge is 0.418 e. The Bertz CT molecular complexity index is 1260. The van der Waals surface area contributed by atoms with Crippen LogP contribution in [-0.2, 0) is 22.2 Å². The molecule has 0 spiro atoms. The fourth-order valence-electron chi connectivity index (χ4n) is 4.10. The van der Waals surface area contributed by atoms with E-state index in [1.807, 2.05) is 0 Å². The molecule has 0 aliphatic carbocycles. The topological polar surface area (TPSA) is 135 Å². The van der Waals surface area contributed by atoms with Crippen LogP contribution in [0, 0.1) is 6.92 Å². The quantitative estimate of drug-likeness (QED) is 0.368. The van der Waals surface area contributed by atoms with Crippen LogP contribution in [0.3, 0.4) is 0 Å². The minimum atomic E-state index is -4.63. The average molecular weight is 545 g/mol. The summed E-state index contributed by atoms with van der Waals surface area (Å²) in [6.07, 6.45) is -5.86. The summed E-state index contributed by atoms with van der Waals surface area (Å²) in [6, 6.07) is 3.31. The highest BCUT2D eigenvalue weighted by Crippen LogP contribution is 2.36. The number of nitrogens with zero attached hydrogens (tertiary/aromatic N) is 3. The normalized spacial score (nSPS) is 19.5. The van der Waals surface area contributed by atoms with Gasteiger partial charge in [-0.05, 0) is 25.1 Å². The van der Waals surface area contributed by atoms with Crippen molar-refractivity contribution < 1.29 is 37.7 Å². The lowest BCUT2D eigenvalue weighted by Gasteiger charge is -2.20. The lowest BCUT2D eigenvalue weighted by Crippen LogP contribution is -2.43. The van der Waals surface area contributed by atoms with Crippen LogP contribution < -0.4 is 21.5 Å². The molecule has 210 valence electrons. The number of ether oxygens (including phenoxy) is 2. The molecule has 0 bridgehead atoms. The van der Waals surface area contributed by atoms with Gasteiger partial charge in [0.1, 0.15) is 12.3 Å². The first-order chi connectivity index (χ1) is 17.8. The Kier molecular flexibility index (Phi) is 9.35. The molecule has 3 rings (SSSR count). The first kappa shape index (κ1) is 29.4. The van der Waals surface area contributed by atoms with Crippen molar-refractivity contribution in [3.63, 3.8) is 0 Å². The predicted molar refractivity (Wildman–Crippen MR) is 130 cm³/mol. The Hall–Kier alpha value is -3.20. The summed E-state index contributed by atoms with van der Waals surface area (Å²) in [6.45, 7) is 0.914. The zero-order valence-electron chi connectivity index (χ0n) is 21.2. The Balaban J connectivity index is 1.56. The van der Waals surface area contributed by atoms with E-state index in [4.69, 9.17) is 9.47 Å². The van der Waals surface area contributed by atoms with Gasteiger partial charge in [0.15, 0.2) is 0 Å². The van der Waals surface area contributed by atoms with Crippen LogP contribution in [0.2, 0.25) is 0 Å². The summed E-state index contributed by atoms with van der Waals surface area (Å²) in [5.74, 6) is -0.706. The minimum absolute atomic E-state index is 0.0150. The number of alkyl halides is 3. The van der Waals surface area contributed by atoms with Crippen LogP contribution in [0.1, 0.15) is 34.1 Å². The number of aliphatic hydroxyl groups is 2. The van der Waals surface area contributed by atoms with Gasteiger partial charge in [0.05, 0.1) is 38.0 Å². The van der Waals surface area contributed by atoms with Crippen LogP contribution in [0.4, 0.5) is 18.9 Å². The van der Waals surface area contributed by atoms with Crippen molar-refractivity contribution in [2.45, 2.75) is 44.5 Å². The zero-order valence-corrected chi connectivity index (χ0v) is 21.2. The molecule has 1 aromatic carbocycles. The van der Waals surface area contributed by atoms with Gasteiger partial charge >= 0.3 is 11.9 Å². The summed E-state index contributed by atoms with van der Waals surface area (Å²) < 4.78 is 53.2. The fraction of sp³-hybridized carbons (Fsp3) is 0.542. The molecule has 1 fully saturated rings. The van der Waals surface area contributed by atoms with E-state index in [0.717, 1.165) is 10.6 Å². The molecule has 3 atom stereocenters. The number of amides is 1. The van der Waals surface area contributed by atoms with E-state index >= 15 is 0 Å². The molecule has 0 unspecified atom stereocenters. The van der Waals surface area contributed by atoms with Crippen molar-refractivity contribution in [3.8, 4) is 0 Å². The highest BCUT2D eigenvalue weighted by molar-refractivity contribution is 5.95. The number of hydrogen-bond acceptors (Lipinski definition) is 8. The van der Waals surface area contributed by atoms with Gasteiger partial charge in [-0.25, -0.2) is 4.79 Å². The number of benzene rings is 1. The summed E-state index contributed by atoms with van der Waals surface area (Å²) >= 11 is 0. The van der Waals surface area contributed by atoms with E-state index in [2.05, 4.69) is 5.32 Å². The molecule has 14 heteroatoms. The van der Waals surface area contributed by atoms with Gasteiger partial charge in [-0.15, -0.1) is 0 Å². The number of halogens is 3. The number of aryl methyl sites for hydroxylation is 1. The second-order valence-corrected chi connectivity index (χ2v) is 9.07. The van der Waals surface area contributed by atoms with Crippen molar-refractivity contribution in [2.24, 2.45) is 0 Å². The maximum absolute atomic E-state index is 13.4. The number of hydrogen-bond donors (Lipinski definition) is 3. The molecular formula is C24H31F3N4O7. The molecule has 2 aromatic rings. The van der Waals surface area contributed by atoms with Crippen molar-refractivity contribution in [1.29, 1.82) is 0 Å². The van der Waals surface area contributed by atoms with Crippen LogP contribution in [0.25, 0.3) is 0 Å². The molecule has 1 saturated heterocycles. The van der Waals surface area contributed by atoms with Crippen LogP contribution >= 0.6 is 0 Å². The van der Waals surface area contributed by atoms with Crippen LogP contribution in [-0.4, -0.2) is 77.9 Å². The second kappa shape index (κ2) is 12.1. The van der Waals surface area contributed by atoms with Crippen molar-refractivity contribution >= 4 is 11.6 Å². The number of rotatable bonds is 10. The third-order valence-electron chi connectivity index (χ3n) is 6.10. The lowest BCUT2D eigenvalue weighted by atomic mass is 10.1. The number of carbonyl (C=O) groups excluding carboxylic acids is 1. The number of carbonyl (C=O) groups is 1. The van der Waals surface area contributed by atoms with E-state index < -0.39 is 53.9 Å². The Morgan fingerprint density at radius 3 is 2.58 bits per heavy atom. The monoisotopic (exact) mass is 544 g/mol. The van der Waals surface area contributed by atoms with Gasteiger partial charge in [-0.1, -0.05) is 0 Å². The van der Waals surface area contributed by atoms with E-state index in [9.17, 15) is 37.8 Å². The van der Waals surface area contributed by atoms with Gasteiger partial charge in [0, 0.05) is 50.1 Å². The standard InChI is InChI=1S/C24H31F3N4O7/c1-14-12-31(20-11-18(33)19(13-32)38-20)23(36)30(22(14)35)7-9-37-8-6-28-21(34)15-4-5-17(29(2)3)16(10-15)24(25,26)27/h4-5,10,12,18-20,32-33H,6-9,11,13H2,1-3H3,(H,28,34)/t18-,19+,20+/m0/s1. The molecule has 1 aliphatic rings. The minimum Gasteiger partial charge on any atom is -0.394 e. The molecule has 0 radical (unpaired) electrons. The Morgan fingerprint density at radius 2 is 1.97 bits per heavy atom. The maximum Gasteiger partial charge on any atom is 0.418 e. The highest BCUT2D eigenvalue weighted by Gasteiger charge is 2.36. The Morgan fingerprint density at radius 1 is 1.26 bits per heavy atom. The Labute approximate surface area is 216 Å². The van der Waals surface area contributed by atoms with Crippen molar-refractivity contribution in [2.75, 3.05) is 45.4 Å². The van der Waals surface area contributed by atoms with Gasteiger partial charge < -0.3 is 29.9 Å². The van der Waals surface area contributed by atoms with E-state index in [1.165, 1.54) is 48.8 Å². The molecule has 0 saturated carbocycles. The lowest BCUT2D eigenvalue weighted by molar-refractivity contribution is -0.137. The van der Waals surface area contributed by atoms with Crippen LogP contribution in [0.5, 0.6) is 0 Å². The first-order valence-electron chi connectivity index (χ1n) is 11.9. The van der Waals surface area contributed by atoms with Crippen molar-refractivity contribution in [3.05, 3.63) is 61.9 Å². The van der Waals surface area contributed by atoms with Gasteiger partial charge in [-0.3, -0.25) is 18.7 Å². The summed E-state index contributed by atoms with van der Waals surface area (Å²) in [4.78, 5) is 39.0. The van der Waals surface area contributed by atoms with E-state index in [1.54, 1.807) is 0 Å². The molecule has 2 heterocycles. The van der Waals surface area contributed by atoms with Crippen LogP contribution in [0.15, 0.2) is 34.0 Å². The molecular weight excluding hydrogens is 513 g/mol. The van der Waals surface area contributed by atoms with E-state index in [-0.39, 0.29) is 49.5 Å². The summed E-state index contributed by atoms with van der Waals surface area (Å²) in [5.41, 5.74) is -2.08. The molecule has 1 amide bonds. The first-order valence-corrected chi connectivity index (χ1v) is 11.9. The number of nitrogens with one attached hydrogen (secondary N) is 1. The van der Waals surface area contributed by atoms with Gasteiger partial charge in [-0.2, -0.15) is 13.2 Å². The fourth-order valence-corrected chi connectivity index (χ4v) is 4.10. The molecule has 1 aromatic heterocycles. The zero-order chi connectivity index (χ0) is 28.2. The number of anilines is 1. The summed E-state index contributed by atoms with van der Waals surface area (Å²) in [5, 5.41) is 21.7. The SMILES string of the molecule is Cc1cn([C@H]2C[C@H](O)[C@@H](CO)O2)c(=O)n(CCOCCNC(=O)c2ccc(N(C)C)c(C(F)(F)F)c2)c1=O.